The molecule has 0 aromatic carbocycles. The Morgan fingerprint density at radius 3 is 2.54 bits per heavy atom. The van der Waals surface area contributed by atoms with Gasteiger partial charge in [-0.25, -0.2) is 0 Å². The van der Waals surface area contributed by atoms with Gasteiger partial charge in [-0.05, 0) is 23.3 Å². The van der Waals surface area contributed by atoms with Crippen LogP contribution in [0.5, 0.6) is 0 Å². The van der Waals surface area contributed by atoms with Crippen LogP contribution >= 0.6 is 11.6 Å². The first-order valence-electron chi connectivity index (χ1n) is 4.17. The van der Waals surface area contributed by atoms with Crippen molar-refractivity contribution in [2.45, 2.75) is 0 Å². The summed E-state index contributed by atoms with van der Waals surface area (Å²) in [6.45, 7) is 0. The molecular weight excluding hydrogens is 180 g/mol. The lowest BCUT2D eigenvalue weighted by molar-refractivity contribution is 1.57. The highest BCUT2D eigenvalue weighted by atomic mass is 35.5. The molecule has 0 saturated carbocycles. The Morgan fingerprint density at radius 2 is 1.62 bits per heavy atom. The van der Waals surface area contributed by atoms with Crippen molar-refractivity contribution < 1.29 is 0 Å². The second-order valence-electron chi connectivity index (χ2n) is 2.88. The summed E-state index contributed by atoms with van der Waals surface area (Å²) in [5.41, 5.74) is 2.34. The fourth-order valence-electron chi connectivity index (χ4n) is 1.30. The maximum absolute atomic E-state index is 5.95. The van der Waals surface area contributed by atoms with Crippen LogP contribution in [0.2, 0.25) is 0 Å². The van der Waals surface area contributed by atoms with E-state index in [0.29, 0.717) is 0 Å². The molecule has 0 N–H and O–H groups in total. The van der Waals surface area contributed by atoms with E-state index in [0.717, 1.165) is 10.6 Å². The molecule has 0 aromatic heterocycles. The van der Waals surface area contributed by atoms with Crippen molar-refractivity contribution >= 4 is 11.6 Å². The van der Waals surface area contributed by atoms with Crippen molar-refractivity contribution in [1.82, 2.24) is 0 Å². The second kappa shape index (κ2) is 3.63. The summed E-state index contributed by atoms with van der Waals surface area (Å²) in [6.07, 6.45) is 18.1. The first-order valence-corrected chi connectivity index (χ1v) is 4.55. The van der Waals surface area contributed by atoms with E-state index in [1.54, 1.807) is 0 Å². The molecule has 0 spiro atoms. The van der Waals surface area contributed by atoms with Gasteiger partial charge in [0.05, 0.1) is 0 Å². The normalized spacial score (nSPS) is 19.6. The van der Waals surface area contributed by atoms with E-state index in [2.05, 4.69) is 18.2 Å². The van der Waals surface area contributed by atoms with Crippen LogP contribution in [0.1, 0.15) is 0 Å². The van der Waals surface area contributed by atoms with E-state index in [1.165, 1.54) is 5.57 Å². The number of hydrogen-bond donors (Lipinski definition) is 0. The van der Waals surface area contributed by atoms with Gasteiger partial charge in [-0.2, -0.15) is 0 Å². The topological polar surface area (TPSA) is 0 Å². The molecule has 0 unspecified atom stereocenters. The third-order valence-electron chi connectivity index (χ3n) is 1.93. The molecule has 0 aromatic rings. The van der Waals surface area contributed by atoms with E-state index < -0.39 is 0 Å². The quantitative estimate of drug-likeness (QED) is 0.544. The number of hydrogen-bond acceptors (Lipinski definition) is 0. The van der Waals surface area contributed by atoms with E-state index in [9.17, 15) is 0 Å². The van der Waals surface area contributed by atoms with Crippen molar-refractivity contribution in [2.75, 3.05) is 0 Å². The molecule has 2 rings (SSSR count). The molecule has 2 aliphatic carbocycles. The third-order valence-corrected chi connectivity index (χ3v) is 2.17. The van der Waals surface area contributed by atoms with Crippen LogP contribution in [-0.4, -0.2) is 0 Å². The van der Waals surface area contributed by atoms with Gasteiger partial charge in [0.1, 0.15) is 0 Å². The zero-order valence-electron chi connectivity index (χ0n) is 7.07. The highest BCUT2D eigenvalue weighted by molar-refractivity contribution is 6.31. The Hall–Kier alpha value is -1.27. The van der Waals surface area contributed by atoms with E-state index in [-0.39, 0.29) is 0 Å². The minimum absolute atomic E-state index is 0.765. The Kier molecular flexibility index (Phi) is 2.33. The number of fused-ring (bicyclic) bond motifs is 1. The fourth-order valence-corrected chi connectivity index (χ4v) is 1.49. The van der Waals surface area contributed by atoms with Crippen LogP contribution in [0.4, 0.5) is 0 Å². The Morgan fingerprint density at radius 1 is 0.769 bits per heavy atom. The largest absolute Gasteiger partial charge is 0.0843 e. The van der Waals surface area contributed by atoms with Gasteiger partial charge in [0.25, 0.3) is 0 Å². The van der Waals surface area contributed by atoms with Crippen molar-refractivity contribution in [3.05, 3.63) is 70.9 Å². The summed E-state index contributed by atoms with van der Waals surface area (Å²) in [7, 11) is 0. The van der Waals surface area contributed by atoms with Crippen LogP contribution in [0.25, 0.3) is 0 Å². The van der Waals surface area contributed by atoms with Gasteiger partial charge in [-0.1, -0.05) is 54.1 Å². The summed E-state index contributed by atoms with van der Waals surface area (Å²) in [4.78, 5) is 0. The molecule has 1 heteroatoms. The number of allylic oxidation sites excluding steroid dienone is 12. The number of rotatable bonds is 0. The zero-order chi connectivity index (χ0) is 9.10. The molecule has 2 aliphatic rings. The molecule has 0 saturated heterocycles. The van der Waals surface area contributed by atoms with Crippen LogP contribution in [0.15, 0.2) is 70.9 Å². The lowest BCUT2D eigenvalue weighted by Crippen LogP contribution is -1.80. The van der Waals surface area contributed by atoms with Gasteiger partial charge in [-0.15, -0.1) is 0 Å². The number of halogens is 1. The molecule has 0 fully saturated rings. The van der Waals surface area contributed by atoms with Crippen LogP contribution in [0.3, 0.4) is 0 Å². The SMILES string of the molecule is ClC1=CC=CC2=CC=CC=CC2=C1. The molecule has 0 atom stereocenters. The van der Waals surface area contributed by atoms with Gasteiger partial charge >= 0.3 is 0 Å². The summed E-state index contributed by atoms with van der Waals surface area (Å²) in [6, 6.07) is 0. The predicted octanol–water partition coefficient (Wildman–Crippen LogP) is 3.66. The van der Waals surface area contributed by atoms with Crippen LogP contribution in [-0.2, 0) is 0 Å². The highest BCUT2D eigenvalue weighted by Gasteiger charge is 2.02. The van der Waals surface area contributed by atoms with Crippen molar-refractivity contribution in [3.8, 4) is 0 Å². The maximum atomic E-state index is 5.95. The predicted molar refractivity (Wildman–Crippen MR) is 57.5 cm³/mol. The van der Waals surface area contributed by atoms with Gasteiger partial charge in [0.2, 0.25) is 0 Å². The molecule has 0 nitrogen and oxygen atoms in total. The van der Waals surface area contributed by atoms with E-state index in [1.807, 2.05) is 36.5 Å². The Balaban J connectivity index is 2.50. The molecule has 0 aliphatic heterocycles. The molecule has 0 bridgehead atoms. The third kappa shape index (κ3) is 1.90. The van der Waals surface area contributed by atoms with E-state index >= 15 is 0 Å². The fraction of sp³-hybridized carbons (Fsp3) is 0. The zero-order valence-corrected chi connectivity index (χ0v) is 7.83. The lowest BCUT2D eigenvalue weighted by Gasteiger charge is -1.99. The summed E-state index contributed by atoms with van der Waals surface area (Å²) < 4.78 is 0. The van der Waals surface area contributed by atoms with Gasteiger partial charge < -0.3 is 0 Å². The summed E-state index contributed by atoms with van der Waals surface area (Å²) in [5, 5.41) is 0.765. The van der Waals surface area contributed by atoms with Gasteiger partial charge in [0.15, 0.2) is 0 Å². The average molecular weight is 189 g/mol. The maximum Gasteiger partial charge on any atom is 0.0412 e. The molecular formula is C12H9Cl. The average Bonchev–Trinajstić information content (AvgIpc) is 2.38. The standard InChI is InChI=1S/C12H9Cl/c13-12-8-4-7-10-5-2-1-3-6-11(10)9-12/h1-9H. The van der Waals surface area contributed by atoms with Gasteiger partial charge in [-0.3, -0.25) is 0 Å². The summed E-state index contributed by atoms with van der Waals surface area (Å²) >= 11 is 5.95. The van der Waals surface area contributed by atoms with Crippen molar-refractivity contribution in [3.63, 3.8) is 0 Å². The molecule has 0 amide bonds. The highest BCUT2D eigenvalue weighted by Crippen LogP contribution is 2.22. The minimum atomic E-state index is 0.765. The lowest BCUT2D eigenvalue weighted by atomic mass is 10.1. The van der Waals surface area contributed by atoms with Gasteiger partial charge in [0, 0.05) is 5.03 Å². The summed E-state index contributed by atoms with van der Waals surface area (Å²) in [5.74, 6) is 0. The molecule has 64 valence electrons. The monoisotopic (exact) mass is 188 g/mol. The van der Waals surface area contributed by atoms with Crippen molar-refractivity contribution in [2.24, 2.45) is 0 Å². The Bertz CT molecular complexity index is 387. The second-order valence-corrected chi connectivity index (χ2v) is 3.31. The molecule has 13 heavy (non-hydrogen) atoms. The first-order chi connectivity index (χ1) is 6.36. The molecule has 0 radical (unpaired) electrons. The Labute approximate surface area is 82.9 Å². The smallest absolute Gasteiger partial charge is 0.0412 e. The van der Waals surface area contributed by atoms with Crippen LogP contribution in [0, 0.1) is 0 Å². The van der Waals surface area contributed by atoms with Crippen LogP contribution < -0.4 is 0 Å². The van der Waals surface area contributed by atoms with Crippen molar-refractivity contribution in [1.29, 1.82) is 0 Å². The molecule has 0 heterocycles. The minimum Gasteiger partial charge on any atom is -0.0843 e. The first kappa shape index (κ1) is 8.33. The van der Waals surface area contributed by atoms with E-state index in [4.69, 9.17) is 11.6 Å².